The van der Waals surface area contributed by atoms with E-state index in [2.05, 4.69) is 52.0 Å². The van der Waals surface area contributed by atoms with E-state index in [1.807, 2.05) is 6.07 Å². The van der Waals surface area contributed by atoms with Crippen molar-refractivity contribution in [3.8, 4) is 0 Å². The predicted octanol–water partition coefficient (Wildman–Crippen LogP) is 4.35. The summed E-state index contributed by atoms with van der Waals surface area (Å²) in [6.45, 7) is 7.42. The fourth-order valence-electron chi connectivity index (χ4n) is 1.55. The van der Waals surface area contributed by atoms with Gasteiger partial charge in [0.25, 0.3) is 0 Å². The summed E-state index contributed by atoms with van der Waals surface area (Å²) < 4.78 is 0.854. The van der Waals surface area contributed by atoms with Gasteiger partial charge < -0.3 is 5.32 Å². The van der Waals surface area contributed by atoms with Gasteiger partial charge in [-0.1, -0.05) is 40.0 Å². The Balaban J connectivity index is 2.47. The Kier molecular flexibility index (Phi) is 6.48. The van der Waals surface area contributed by atoms with Crippen LogP contribution in [0.5, 0.6) is 0 Å². The van der Waals surface area contributed by atoms with Crippen LogP contribution in [-0.4, -0.2) is 16.5 Å². The summed E-state index contributed by atoms with van der Waals surface area (Å²) in [7, 11) is 0. The van der Waals surface area contributed by atoms with Crippen LogP contribution in [0.1, 0.15) is 58.2 Å². The number of unbranched alkanes of at least 4 members (excludes halogenated alkanes) is 3. The van der Waals surface area contributed by atoms with E-state index in [1.165, 1.54) is 25.7 Å². The van der Waals surface area contributed by atoms with Crippen LogP contribution >= 0.6 is 15.9 Å². The standard InChI is InChI=1S/C13H22BrN3/c1-4-5-6-7-8-15-12-9-11(14)16-13(17-12)10(2)3/h9-10H,4-8H2,1-3H3,(H,15,16,17). The zero-order valence-electron chi connectivity index (χ0n) is 11.0. The van der Waals surface area contributed by atoms with Crippen molar-refractivity contribution < 1.29 is 0 Å². The van der Waals surface area contributed by atoms with Gasteiger partial charge in [0, 0.05) is 18.5 Å². The van der Waals surface area contributed by atoms with Crippen molar-refractivity contribution in [1.29, 1.82) is 0 Å². The number of halogens is 1. The predicted molar refractivity (Wildman–Crippen MR) is 76.5 cm³/mol. The molecule has 1 aromatic rings. The van der Waals surface area contributed by atoms with Gasteiger partial charge in [0.1, 0.15) is 16.2 Å². The molecule has 0 saturated heterocycles. The van der Waals surface area contributed by atoms with E-state index in [0.29, 0.717) is 5.92 Å². The first-order valence-corrected chi connectivity index (χ1v) is 7.21. The van der Waals surface area contributed by atoms with Crippen LogP contribution in [0.2, 0.25) is 0 Å². The first kappa shape index (κ1) is 14.4. The van der Waals surface area contributed by atoms with E-state index in [9.17, 15) is 0 Å². The minimum Gasteiger partial charge on any atom is -0.370 e. The highest BCUT2D eigenvalue weighted by Crippen LogP contribution is 2.17. The third-order valence-corrected chi connectivity index (χ3v) is 2.97. The lowest BCUT2D eigenvalue weighted by Crippen LogP contribution is -2.07. The molecule has 0 aliphatic carbocycles. The lowest BCUT2D eigenvalue weighted by molar-refractivity contribution is 0.683. The van der Waals surface area contributed by atoms with Gasteiger partial charge in [0.2, 0.25) is 0 Å². The normalized spacial score (nSPS) is 10.9. The van der Waals surface area contributed by atoms with E-state index >= 15 is 0 Å². The van der Waals surface area contributed by atoms with Crippen molar-refractivity contribution in [2.24, 2.45) is 0 Å². The second-order valence-electron chi connectivity index (χ2n) is 4.58. The van der Waals surface area contributed by atoms with Gasteiger partial charge in [-0.25, -0.2) is 9.97 Å². The Labute approximate surface area is 113 Å². The number of nitrogens with zero attached hydrogens (tertiary/aromatic N) is 2. The second kappa shape index (κ2) is 7.64. The molecule has 0 radical (unpaired) electrons. The highest BCUT2D eigenvalue weighted by Gasteiger charge is 2.06. The lowest BCUT2D eigenvalue weighted by atomic mass is 10.2. The Morgan fingerprint density at radius 2 is 2.00 bits per heavy atom. The van der Waals surface area contributed by atoms with Crippen molar-refractivity contribution in [2.45, 2.75) is 52.4 Å². The number of hydrogen-bond donors (Lipinski definition) is 1. The molecular weight excluding hydrogens is 278 g/mol. The van der Waals surface area contributed by atoms with E-state index < -0.39 is 0 Å². The van der Waals surface area contributed by atoms with Gasteiger partial charge in [-0.2, -0.15) is 0 Å². The summed E-state index contributed by atoms with van der Waals surface area (Å²) in [5.74, 6) is 2.16. The number of nitrogens with one attached hydrogen (secondary N) is 1. The van der Waals surface area contributed by atoms with Crippen LogP contribution in [0.3, 0.4) is 0 Å². The topological polar surface area (TPSA) is 37.8 Å². The molecule has 0 spiro atoms. The maximum absolute atomic E-state index is 4.50. The van der Waals surface area contributed by atoms with Crippen LogP contribution in [0.4, 0.5) is 5.82 Å². The van der Waals surface area contributed by atoms with Gasteiger partial charge in [0.05, 0.1) is 0 Å². The molecule has 1 aromatic heterocycles. The Bertz CT molecular complexity index is 339. The van der Waals surface area contributed by atoms with Crippen LogP contribution in [0.25, 0.3) is 0 Å². The van der Waals surface area contributed by atoms with E-state index in [-0.39, 0.29) is 0 Å². The highest BCUT2D eigenvalue weighted by molar-refractivity contribution is 9.10. The van der Waals surface area contributed by atoms with Crippen molar-refractivity contribution in [3.05, 3.63) is 16.5 Å². The zero-order chi connectivity index (χ0) is 12.7. The van der Waals surface area contributed by atoms with Gasteiger partial charge in [-0.15, -0.1) is 0 Å². The van der Waals surface area contributed by atoms with Gasteiger partial charge in [-0.05, 0) is 22.4 Å². The molecule has 0 aliphatic rings. The smallest absolute Gasteiger partial charge is 0.134 e. The number of rotatable bonds is 7. The molecule has 4 heteroatoms. The minimum absolute atomic E-state index is 0.355. The van der Waals surface area contributed by atoms with Gasteiger partial charge in [-0.3, -0.25) is 0 Å². The molecule has 0 fully saturated rings. The zero-order valence-corrected chi connectivity index (χ0v) is 12.5. The fraction of sp³-hybridized carbons (Fsp3) is 0.692. The molecule has 0 amide bonds. The van der Waals surface area contributed by atoms with Crippen molar-refractivity contribution in [3.63, 3.8) is 0 Å². The lowest BCUT2D eigenvalue weighted by Gasteiger charge is -2.09. The summed E-state index contributed by atoms with van der Waals surface area (Å²) in [5.41, 5.74) is 0. The summed E-state index contributed by atoms with van der Waals surface area (Å²) in [6, 6.07) is 1.94. The van der Waals surface area contributed by atoms with Crippen molar-refractivity contribution >= 4 is 21.7 Å². The molecule has 1 heterocycles. The quantitative estimate of drug-likeness (QED) is 0.601. The molecule has 0 unspecified atom stereocenters. The minimum atomic E-state index is 0.355. The summed E-state index contributed by atoms with van der Waals surface area (Å²) >= 11 is 3.42. The molecule has 17 heavy (non-hydrogen) atoms. The van der Waals surface area contributed by atoms with Crippen molar-refractivity contribution in [1.82, 2.24) is 9.97 Å². The largest absolute Gasteiger partial charge is 0.370 e. The van der Waals surface area contributed by atoms with Crippen LogP contribution in [0.15, 0.2) is 10.7 Å². The molecule has 1 rings (SSSR count). The fourth-order valence-corrected chi connectivity index (χ4v) is 1.95. The molecular formula is C13H22BrN3. The maximum atomic E-state index is 4.50. The monoisotopic (exact) mass is 299 g/mol. The Hall–Kier alpha value is -0.640. The Morgan fingerprint density at radius 3 is 2.65 bits per heavy atom. The molecule has 1 N–H and O–H groups in total. The second-order valence-corrected chi connectivity index (χ2v) is 5.39. The summed E-state index contributed by atoms with van der Waals surface area (Å²) in [6.07, 6.45) is 5.07. The molecule has 0 aliphatic heterocycles. The van der Waals surface area contributed by atoms with Gasteiger partial charge in [0.15, 0.2) is 0 Å². The van der Waals surface area contributed by atoms with Crippen LogP contribution < -0.4 is 5.32 Å². The van der Waals surface area contributed by atoms with E-state index in [1.54, 1.807) is 0 Å². The summed E-state index contributed by atoms with van der Waals surface area (Å²) in [4.78, 5) is 8.86. The van der Waals surface area contributed by atoms with Gasteiger partial charge >= 0.3 is 0 Å². The molecule has 0 aromatic carbocycles. The Morgan fingerprint density at radius 1 is 1.24 bits per heavy atom. The molecule has 96 valence electrons. The first-order valence-electron chi connectivity index (χ1n) is 6.41. The molecule has 0 saturated carbocycles. The average Bonchev–Trinajstić information content (AvgIpc) is 2.28. The summed E-state index contributed by atoms with van der Waals surface area (Å²) in [5, 5.41) is 3.36. The third-order valence-electron chi connectivity index (χ3n) is 2.57. The molecule has 0 bridgehead atoms. The van der Waals surface area contributed by atoms with E-state index in [0.717, 1.165) is 22.8 Å². The SMILES string of the molecule is CCCCCCNc1cc(Br)nc(C(C)C)n1. The maximum Gasteiger partial charge on any atom is 0.134 e. The number of hydrogen-bond acceptors (Lipinski definition) is 3. The molecule has 0 atom stereocenters. The third kappa shape index (κ3) is 5.48. The number of aromatic nitrogens is 2. The average molecular weight is 300 g/mol. The number of anilines is 1. The first-order chi connectivity index (χ1) is 8.13. The van der Waals surface area contributed by atoms with Crippen LogP contribution in [0, 0.1) is 0 Å². The van der Waals surface area contributed by atoms with Crippen LogP contribution in [-0.2, 0) is 0 Å². The van der Waals surface area contributed by atoms with Crippen molar-refractivity contribution in [2.75, 3.05) is 11.9 Å². The van der Waals surface area contributed by atoms with E-state index in [4.69, 9.17) is 0 Å². The highest BCUT2D eigenvalue weighted by atomic mass is 79.9. The molecule has 3 nitrogen and oxygen atoms in total.